The number of anilines is 3. The smallest absolute Gasteiger partial charge is 0.265 e. The Bertz CT molecular complexity index is 1500. The van der Waals surface area contributed by atoms with E-state index < -0.39 is 0 Å². The molecular formula is C34H25N3O. The van der Waals surface area contributed by atoms with Gasteiger partial charge < -0.3 is 9.64 Å². The number of hydrogen-bond acceptors (Lipinski definition) is 3. The highest BCUT2D eigenvalue weighted by Gasteiger charge is 2.22. The highest BCUT2D eigenvalue weighted by Crippen LogP contribution is 2.36. The average Bonchev–Trinajstić information content (AvgIpc) is 2.99. The van der Waals surface area contributed by atoms with Crippen molar-refractivity contribution in [1.29, 1.82) is 5.26 Å². The summed E-state index contributed by atoms with van der Waals surface area (Å²) in [5.74, 6) is 0.621. The van der Waals surface area contributed by atoms with Gasteiger partial charge >= 0.3 is 0 Å². The Labute approximate surface area is 223 Å². The Morgan fingerprint density at radius 1 is 0.789 bits per heavy atom. The maximum atomic E-state index is 9.45. The second-order valence-electron chi connectivity index (χ2n) is 8.80. The summed E-state index contributed by atoms with van der Waals surface area (Å²) in [6, 6.07) is 40.8. The largest absolute Gasteiger partial charge is 0.485 e. The summed E-state index contributed by atoms with van der Waals surface area (Å²) in [6.07, 6.45) is 5.91. The van der Waals surface area contributed by atoms with Gasteiger partial charge in [-0.2, -0.15) is 0 Å². The zero-order chi connectivity index (χ0) is 26.2. The van der Waals surface area contributed by atoms with E-state index in [1.807, 2.05) is 85.0 Å². The molecule has 0 aliphatic carbocycles. The van der Waals surface area contributed by atoms with Crippen molar-refractivity contribution in [3.63, 3.8) is 0 Å². The van der Waals surface area contributed by atoms with Crippen LogP contribution < -0.4 is 4.90 Å². The Balaban J connectivity index is 1.42. The molecule has 0 N–H and O–H groups in total. The predicted octanol–water partition coefficient (Wildman–Crippen LogP) is 8.91. The van der Waals surface area contributed by atoms with Gasteiger partial charge in [0.1, 0.15) is 11.9 Å². The van der Waals surface area contributed by atoms with Gasteiger partial charge in [0.15, 0.2) is 0 Å². The third-order valence-corrected chi connectivity index (χ3v) is 6.31. The lowest BCUT2D eigenvalue weighted by atomic mass is 9.97. The zero-order valence-corrected chi connectivity index (χ0v) is 20.7. The Morgan fingerprint density at radius 3 is 1.89 bits per heavy atom. The van der Waals surface area contributed by atoms with Crippen LogP contribution in [0.5, 0.6) is 0 Å². The maximum absolute atomic E-state index is 9.45. The topological polar surface area (TPSA) is 40.6 Å². The standard InChI is InChI=1S/C34H25N3O/c1-36-33(25-35)28-23-32(38-34(24-28)27-11-5-2-6-12-27)22-19-26-17-20-31(21-18-26)37(29-13-7-3-8-14-29)30-15-9-4-10-16-30/h2-23,34H,24H2/b22-19+,33-28+. The van der Waals surface area contributed by atoms with Crippen molar-refractivity contribution in [3.05, 3.63) is 167 Å². The quantitative estimate of drug-likeness (QED) is 0.200. The number of ether oxygens (including phenoxy) is 1. The lowest BCUT2D eigenvalue weighted by Crippen LogP contribution is -2.10. The Morgan fingerprint density at radius 2 is 1.34 bits per heavy atom. The van der Waals surface area contributed by atoms with E-state index >= 15 is 0 Å². The van der Waals surface area contributed by atoms with Crippen LogP contribution in [0.2, 0.25) is 0 Å². The van der Waals surface area contributed by atoms with Gasteiger partial charge in [-0.05, 0) is 65.3 Å². The Hall–Kier alpha value is -5.32. The summed E-state index contributed by atoms with van der Waals surface area (Å²) >= 11 is 0. The second-order valence-corrected chi connectivity index (χ2v) is 8.80. The van der Waals surface area contributed by atoms with Crippen LogP contribution in [0.3, 0.4) is 0 Å². The SMILES string of the molecule is [C-]#[N+]/C(C#N)=C1C=C(/C=C/c2ccc(N(c3ccccc3)c3ccccc3)cc2)OC(c2ccccc2)C\1. The third-order valence-electron chi connectivity index (χ3n) is 6.31. The van der Waals surface area contributed by atoms with Crippen molar-refractivity contribution < 1.29 is 4.74 Å². The summed E-state index contributed by atoms with van der Waals surface area (Å²) in [4.78, 5) is 5.64. The second kappa shape index (κ2) is 11.6. The minimum atomic E-state index is -0.256. The molecule has 0 fully saturated rings. The van der Waals surface area contributed by atoms with Crippen LogP contribution in [0.15, 0.2) is 144 Å². The molecule has 0 amide bonds. The molecule has 0 saturated heterocycles. The maximum Gasteiger partial charge on any atom is 0.265 e. The van der Waals surface area contributed by atoms with E-state index in [1.54, 1.807) is 6.08 Å². The number of allylic oxidation sites excluding steroid dienone is 3. The van der Waals surface area contributed by atoms with Crippen molar-refractivity contribution in [2.75, 3.05) is 4.90 Å². The lowest BCUT2D eigenvalue weighted by Gasteiger charge is -2.26. The summed E-state index contributed by atoms with van der Waals surface area (Å²) in [5, 5.41) is 9.45. The summed E-state index contributed by atoms with van der Waals surface area (Å²) in [7, 11) is 0. The van der Waals surface area contributed by atoms with Crippen LogP contribution in [0.1, 0.15) is 23.7 Å². The van der Waals surface area contributed by atoms with E-state index in [1.165, 1.54) is 0 Å². The molecule has 4 heteroatoms. The minimum absolute atomic E-state index is 0.103. The molecule has 0 bridgehead atoms. The van der Waals surface area contributed by atoms with Gasteiger partial charge in [0.25, 0.3) is 5.70 Å². The predicted molar refractivity (Wildman–Crippen MR) is 152 cm³/mol. The Kier molecular flexibility index (Phi) is 7.45. The van der Waals surface area contributed by atoms with Crippen LogP contribution in [0.25, 0.3) is 10.9 Å². The van der Waals surface area contributed by atoms with Crippen molar-refractivity contribution >= 4 is 23.1 Å². The first-order valence-electron chi connectivity index (χ1n) is 12.4. The molecule has 0 spiro atoms. The fraction of sp³-hybridized carbons (Fsp3) is 0.0588. The van der Waals surface area contributed by atoms with Crippen molar-refractivity contribution in [2.24, 2.45) is 0 Å². The van der Waals surface area contributed by atoms with Gasteiger partial charge in [0, 0.05) is 23.5 Å². The molecule has 4 aromatic rings. The first-order chi connectivity index (χ1) is 18.7. The fourth-order valence-corrected chi connectivity index (χ4v) is 4.46. The first-order valence-corrected chi connectivity index (χ1v) is 12.4. The van der Waals surface area contributed by atoms with Crippen molar-refractivity contribution in [3.8, 4) is 6.07 Å². The van der Waals surface area contributed by atoms with E-state index in [2.05, 4.69) is 58.3 Å². The van der Waals surface area contributed by atoms with Crippen molar-refractivity contribution in [1.82, 2.24) is 0 Å². The summed E-state index contributed by atoms with van der Waals surface area (Å²) in [6.45, 7) is 7.40. The van der Waals surface area contributed by atoms with Crippen LogP contribution >= 0.6 is 0 Å². The van der Waals surface area contributed by atoms with Crippen LogP contribution in [0, 0.1) is 17.9 Å². The minimum Gasteiger partial charge on any atom is -0.485 e. The normalized spacial score (nSPS) is 16.1. The lowest BCUT2D eigenvalue weighted by molar-refractivity contribution is 0.118. The number of rotatable bonds is 6. The molecule has 0 radical (unpaired) electrons. The van der Waals surface area contributed by atoms with Crippen LogP contribution in [0.4, 0.5) is 17.1 Å². The molecule has 1 atom stereocenters. The molecule has 1 heterocycles. The number of para-hydroxylation sites is 2. The number of hydrogen-bond donors (Lipinski definition) is 0. The first kappa shape index (κ1) is 24.4. The van der Waals surface area contributed by atoms with Crippen LogP contribution in [-0.2, 0) is 4.74 Å². The van der Waals surface area contributed by atoms with E-state index in [4.69, 9.17) is 11.3 Å². The van der Waals surface area contributed by atoms with Crippen molar-refractivity contribution in [2.45, 2.75) is 12.5 Å². The highest BCUT2D eigenvalue weighted by molar-refractivity contribution is 5.77. The van der Waals surface area contributed by atoms with E-state index in [-0.39, 0.29) is 11.8 Å². The molecule has 182 valence electrons. The third kappa shape index (κ3) is 5.57. The van der Waals surface area contributed by atoms with Gasteiger partial charge in [-0.25, -0.2) is 10.1 Å². The average molecular weight is 492 g/mol. The molecule has 0 aromatic heterocycles. The van der Waals surface area contributed by atoms with Gasteiger partial charge in [-0.15, -0.1) is 0 Å². The fourth-order valence-electron chi connectivity index (χ4n) is 4.46. The molecule has 0 saturated carbocycles. The van der Waals surface area contributed by atoms with Gasteiger partial charge in [0.05, 0.1) is 12.6 Å². The highest BCUT2D eigenvalue weighted by atomic mass is 16.5. The molecule has 1 unspecified atom stereocenters. The summed E-state index contributed by atoms with van der Waals surface area (Å²) < 4.78 is 6.26. The molecule has 1 aliphatic heterocycles. The van der Waals surface area contributed by atoms with Gasteiger partial charge in [0.2, 0.25) is 0 Å². The summed E-state index contributed by atoms with van der Waals surface area (Å²) in [5.41, 5.74) is 6.04. The molecular weight excluding hydrogens is 466 g/mol. The number of nitrogens with zero attached hydrogens (tertiary/aromatic N) is 3. The van der Waals surface area contributed by atoms with Crippen LogP contribution in [-0.4, -0.2) is 0 Å². The zero-order valence-electron chi connectivity index (χ0n) is 20.7. The van der Waals surface area contributed by atoms with E-state index in [0.29, 0.717) is 17.8 Å². The number of nitriles is 1. The van der Waals surface area contributed by atoms with Gasteiger partial charge in [-0.3, -0.25) is 0 Å². The molecule has 5 rings (SSSR count). The molecule has 1 aliphatic rings. The number of benzene rings is 4. The van der Waals surface area contributed by atoms with E-state index in [0.717, 1.165) is 28.2 Å². The van der Waals surface area contributed by atoms with Gasteiger partial charge in [-0.1, -0.05) is 84.9 Å². The molecule has 4 aromatic carbocycles. The molecule has 4 nitrogen and oxygen atoms in total. The molecule has 38 heavy (non-hydrogen) atoms. The van der Waals surface area contributed by atoms with E-state index in [9.17, 15) is 5.26 Å². The monoisotopic (exact) mass is 491 g/mol.